The number of thiophene rings is 1. The molecule has 15 heavy (non-hydrogen) atoms. The molecule has 2 rings (SSSR count). The first-order valence-electron chi connectivity index (χ1n) is 5.17. The second-order valence-corrected chi connectivity index (χ2v) is 6.60. The van der Waals surface area contributed by atoms with E-state index in [9.17, 15) is 4.79 Å². The van der Waals surface area contributed by atoms with Crippen molar-refractivity contribution in [3.63, 3.8) is 0 Å². The van der Waals surface area contributed by atoms with Crippen LogP contribution in [-0.2, 0) is 0 Å². The largest absolute Gasteiger partial charge is 0.333 e. The normalized spacial score (nSPS) is 15.7. The van der Waals surface area contributed by atoms with Crippen LogP contribution >= 0.6 is 27.3 Å². The Balaban J connectivity index is 2.17. The van der Waals surface area contributed by atoms with Crippen LogP contribution in [0.5, 0.6) is 0 Å². The Bertz CT molecular complexity index is 368. The van der Waals surface area contributed by atoms with E-state index in [4.69, 9.17) is 0 Å². The lowest BCUT2D eigenvalue weighted by Crippen LogP contribution is -2.38. The van der Waals surface area contributed by atoms with Crippen LogP contribution in [0.1, 0.15) is 36.4 Å². The van der Waals surface area contributed by atoms with Crippen LogP contribution in [0.4, 0.5) is 0 Å². The Labute approximate surface area is 102 Å². The summed E-state index contributed by atoms with van der Waals surface area (Å²) in [4.78, 5) is 15.0. The van der Waals surface area contributed by atoms with E-state index in [1.165, 1.54) is 11.3 Å². The fraction of sp³-hybridized carbons (Fsp3) is 0.545. The Kier molecular flexibility index (Phi) is 3.16. The SMILES string of the molecule is CC(C)N(C(=O)c1ccc(Br)s1)C1CC1. The molecule has 1 aliphatic rings. The van der Waals surface area contributed by atoms with Gasteiger partial charge in [0, 0.05) is 12.1 Å². The number of hydrogen-bond donors (Lipinski definition) is 0. The average molecular weight is 288 g/mol. The van der Waals surface area contributed by atoms with Crippen LogP contribution in [0.15, 0.2) is 15.9 Å². The predicted octanol–water partition coefficient (Wildman–Crippen LogP) is 3.52. The zero-order chi connectivity index (χ0) is 11.0. The summed E-state index contributed by atoms with van der Waals surface area (Å²) in [5.74, 6) is 0.184. The molecule has 82 valence electrons. The van der Waals surface area contributed by atoms with Crippen LogP contribution in [0, 0.1) is 0 Å². The molecule has 2 nitrogen and oxygen atoms in total. The summed E-state index contributed by atoms with van der Waals surface area (Å²) in [5.41, 5.74) is 0. The predicted molar refractivity (Wildman–Crippen MR) is 66.3 cm³/mol. The lowest BCUT2D eigenvalue weighted by Gasteiger charge is -2.26. The minimum absolute atomic E-state index is 0.184. The highest BCUT2D eigenvalue weighted by Gasteiger charge is 2.35. The molecule has 1 amide bonds. The number of amides is 1. The highest BCUT2D eigenvalue weighted by atomic mass is 79.9. The van der Waals surface area contributed by atoms with Gasteiger partial charge in [0.25, 0.3) is 5.91 Å². The monoisotopic (exact) mass is 287 g/mol. The molecule has 1 aromatic heterocycles. The number of carbonyl (C=O) groups is 1. The second-order valence-electron chi connectivity index (χ2n) is 4.14. The van der Waals surface area contributed by atoms with Crippen LogP contribution in [0.3, 0.4) is 0 Å². The van der Waals surface area contributed by atoms with Crippen molar-refractivity contribution in [2.45, 2.75) is 38.8 Å². The van der Waals surface area contributed by atoms with Crippen molar-refractivity contribution < 1.29 is 4.79 Å². The highest BCUT2D eigenvalue weighted by molar-refractivity contribution is 9.11. The third kappa shape index (κ3) is 2.42. The van der Waals surface area contributed by atoms with Gasteiger partial charge in [-0.3, -0.25) is 4.79 Å². The third-order valence-electron chi connectivity index (χ3n) is 2.52. The van der Waals surface area contributed by atoms with Gasteiger partial charge in [0.15, 0.2) is 0 Å². The van der Waals surface area contributed by atoms with Crippen LogP contribution < -0.4 is 0 Å². The zero-order valence-corrected chi connectivity index (χ0v) is 11.3. The van der Waals surface area contributed by atoms with Crippen molar-refractivity contribution in [2.24, 2.45) is 0 Å². The van der Waals surface area contributed by atoms with Crippen LogP contribution in [-0.4, -0.2) is 22.9 Å². The molecule has 4 heteroatoms. The molecule has 1 aromatic rings. The van der Waals surface area contributed by atoms with E-state index in [0.29, 0.717) is 12.1 Å². The minimum Gasteiger partial charge on any atom is -0.333 e. The Morgan fingerprint density at radius 3 is 2.60 bits per heavy atom. The van der Waals surface area contributed by atoms with Crippen molar-refractivity contribution in [3.8, 4) is 0 Å². The first-order valence-corrected chi connectivity index (χ1v) is 6.78. The summed E-state index contributed by atoms with van der Waals surface area (Å²) in [6.07, 6.45) is 2.33. The zero-order valence-electron chi connectivity index (χ0n) is 8.87. The lowest BCUT2D eigenvalue weighted by atomic mass is 10.3. The van der Waals surface area contributed by atoms with Crippen LogP contribution in [0.25, 0.3) is 0 Å². The molecule has 0 atom stereocenters. The Hall–Kier alpha value is -0.350. The quantitative estimate of drug-likeness (QED) is 0.833. The number of halogens is 1. The molecule has 1 aliphatic carbocycles. The van der Waals surface area contributed by atoms with Crippen LogP contribution in [0.2, 0.25) is 0 Å². The molecule has 0 radical (unpaired) electrons. The fourth-order valence-electron chi connectivity index (χ4n) is 1.73. The molecule has 0 saturated heterocycles. The van der Waals surface area contributed by atoms with Crippen molar-refractivity contribution in [3.05, 3.63) is 20.8 Å². The summed E-state index contributed by atoms with van der Waals surface area (Å²) in [6, 6.07) is 4.61. The van der Waals surface area contributed by atoms with Crippen molar-refractivity contribution in [1.82, 2.24) is 4.90 Å². The van der Waals surface area contributed by atoms with Crippen molar-refractivity contribution in [1.29, 1.82) is 0 Å². The smallest absolute Gasteiger partial charge is 0.264 e. The molecule has 1 saturated carbocycles. The standard InChI is InChI=1S/C11H14BrNOS/c1-7(2)13(8-3-4-8)11(14)9-5-6-10(12)15-9/h5-8H,3-4H2,1-2H3. The fourth-order valence-corrected chi connectivity index (χ4v) is 3.06. The first kappa shape index (κ1) is 11.1. The number of nitrogens with zero attached hydrogens (tertiary/aromatic N) is 1. The molecule has 0 spiro atoms. The second kappa shape index (κ2) is 4.26. The van der Waals surface area contributed by atoms with E-state index in [2.05, 4.69) is 29.8 Å². The van der Waals surface area contributed by atoms with Gasteiger partial charge in [0.2, 0.25) is 0 Å². The van der Waals surface area contributed by atoms with E-state index in [1.807, 2.05) is 17.0 Å². The molecule has 0 aliphatic heterocycles. The summed E-state index contributed by atoms with van der Waals surface area (Å²) >= 11 is 4.90. The maximum absolute atomic E-state index is 12.2. The molecule has 0 bridgehead atoms. The molecular formula is C11H14BrNOS. The van der Waals surface area contributed by atoms with Gasteiger partial charge in [-0.2, -0.15) is 0 Å². The molecule has 1 fully saturated rings. The van der Waals surface area contributed by atoms with Gasteiger partial charge in [-0.1, -0.05) is 0 Å². The van der Waals surface area contributed by atoms with E-state index in [1.54, 1.807) is 0 Å². The van der Waals surface area contributed by atoms with Gasteiger partial charge in [-0.25, -0.2) is 0 Å². The topological polar surface area (TPSA) is 20.3 Å². The maximum Gasteiger partial charge on any atom is 0.264 e. The molecule has 0 unspecified atom stereocenters. The summed E-state index contributed by atoms with van der Waals surface area (Å²) < 4.78 is 1.02. The molecule has 0 N–H and O–H groups in total. The van der Waals surface area contributed by atoms with Gasteiger partial charge >= 0.3 is 0 Å². The summed E-state index contributed by atoms with van der Waals surface area (Å²) in [7, 11) is 0. The third-order valence-corrected chi connectivity index (χ3v) is 4.13. The summed E-state index contributed by atoms with van der Waals surface area (Å²) in [6.45, 7) is 4.16. The van der Waals surface area contributed by atoms with E-state index in [0.717, 1.165) is 21.5 Å². The maximum atomic E-state index is 12.2. The number of rotatable bonds is 3. The number of carbonyl (C=O) groups excluding carboxylic acids is 1. The van der Waals surface area contributed by atoms with Crippen molar-refractivity contribution in [2.75, 3.05) is 0 Å². The van der Waals surface area contributed by atoms with E-state index >= 15 is 0 Å². The van der Waals surface area contributed by atoms with Gasteiger partial charge in [0.05, 0.1) is 8.66 Å². The highest BCUT2D eigenvalue weighted by Crippen LogP contribution is 2.32. The number of hydrogen-bond acceptors (Lipinski definition) is 2. The van der Waals surface area contributed by atoms with Gasteiger partial charge in [-0.05, 0) is 54.8 Å². The van der Waals surface area contributed by atoms with Gasteiger partial charge < -0.3 is 4.90 Å². The van der Waals surface area contributed by atoms with Gasteiger partial charge in [-0.15, -0.1) is 11.3 Å². The summed E-state index contributed by atoms with van der Waals surface area (Å²) in [5, 5.41) is 0. The minimum atomic E-state index is 0.184. The molecule has 1 heterocycles. The van der Waals surface area contributed by atoms with E-state index < -0.39 is 0 Å². The van der Waals surface area contributed by atoms with E-state index in [-0.39, 0.29) is 5.91 Å². The van der Waals surface area contributed by atoms with Gasteiger partial charge in [0.1, 0.15) is 0 Å². The Morgan fingerprint density at radius 2 is 2.20 bits per heavy atom. The van der Waals surface area contributed by atoms with Crippen molar-refractivity contribution >= 4 is 33.2 Å². The molecular weight excluding hydrogens is 274 g/mol. The molecule has 0 aromatic carbocycles. The first-order chi connectivity index (χ1) is 7.09. The lowest BCUT2D eigenvalue weighted by molar-refractivity contribution is 0.0695. The Morgan fingerprint density at radius 1 is 1.53 bits per heavy atom. The average Bonchev–Trinajstić information content (AvgIpc) is 2.87.